The number of anilines is 1. The van der Waals surface area contributed by atoms with Gasteiger partial charge in [0.05, 0.1) is 17.7 Å². The van der Waals surface area contributed by atoms with Gasteiger partial charge in [-0.1, -0.05) is 6.07 Å². The number of hydrogen-bond donors (Lipinski definition) is 1. The predicted octanol–water partition coefficient (Wildman–Crippen LogP) is 3.16. The quantitative estimate of drug-likeness (QED) is 0.466. The molecule has 2 aliphatic carbocycles. The van der Waals surface area contributed by atoms with E-state index < -0.39 is 23.9 Å². The average molecular weight is 584 g/mol. The van der Waals surface area contributed by atoms with Gasteiger partial charge in [0.15, 0.2) is 17.7 Å². The van der Waals surface area contributed by atoms with E-state index in [1.165, 1.54) is 6.39 Å². The molecule has 5 atom stereocenters. The fourth-order valence-electron chi connectivity index (χ4n) is 7.64. The van der Waals surface area contributed by atoms with Crippen LogP contribution in [0.3, 0.4) is 0 Å². The van der Waals surface area contributed by atoms with Crippen LogP contribution in [0.25, 0.3) is 11.1 Å². The Labute approximate surface area is 247 Å². The lowest BCUT2D eigenvalue weighted by molar-refractivity contribution is -0.121. The molecule has 12 nitrogen and oxygen atoms in total. The molecule has 5 heterocycles. The van der Waals surface area contributed by atoms with Gasteiger partial charge in [-0.25, -0.2) is 9.67 Å². The second-order valence-corrected chi connectivity index (χ2v) is 12.4. The van der Waals surface area contributed by atoms with Crippen LogP contribution in [0, 0.1) is 23.2 Å². The molecular formula is C31H33N7O5. The number of rotatable bonds is 6. The first kappa shape index (κ1) is 26.4. The summed E-state index contributed by atoms with van der Waals surface area (Å²) < 4.78 is 13.0. The maximum Gasteiger partial charge on any atom is 0.276 e. The Hall–Kier alpha value is -4.24. The Bertz CT molecular complexity index is 1680. The van der Waals surface area contributed by atoms with Gasteiger partial charge in [-0.3, -0.25) is 19.3 Å². The van der Waals surface area contributed by atoms with Crippen molar-refractivity contribution in [3.63, 3.8) is 0 Å². The molecule has 1 aromatic carbocycles. The lowest BCUT2D eigenvalue weighted by Gasteiger charge is -2.39. The molecule has 2 saturated carbocycles. The molecule has 3 aromatic rings. The molecular weight excluding hydrogens is 550 g/mol. The maximum absolute atomic E-state index is 14.4. The third-order valence-electron chi connectivity index (χ3n) is 9.96. The Morgan fingerprint density at radius 1 is 1.14 bits per heavy atom. The molecule has 3 amide bonds. The number of ether oxygens (including phenoxy) is 1. The summed E-state index contributed by atoms with van der Waals surface area (Å²) in [4.78, 5) is 50.1. The van der Waals surface area contributed by atoms with E-state index in [4.69, 9.17) is 14.3 Å². The van der Waals surface area contributed by atoms with E-state index in [9.17, 15) is 19.6 Å². The average Bonchev–Trinajstić information content (AvgIpc) is 3.88. The second kappa shape index (κ2) is 9.91. The zero-order chi connectivity index (χ0) is 29.4. The number of para-hydroxylation sites is 1. The molecule has 0 bridgehead atoms. The molecule has 222 valence electrons. The molecule has 12 heteroatoms. The van der Waals surface area contributed by atoms with Crippen LogP contribution in [0.15, 0.2) is 29.0 Å². The van der Waals surface area contributed by atoms with Crippen molar-refractivity contribution in [2.75, 3.05) is 24.7 Å². The molecule has 2 saturated heterocycles. The summed E-state index contributed by atoms with van der Waals surface area (Å²) in [5.41, 5.74) is 2.26. The van der Waals surface area contributed by atoms with Crippen molar-refractivity contribution < 1.29 is 23.5 Å². The number of benzene rings is 1. The first-order valence-corrected chi connectivity index (χ1v) is 15.4. The van der Waals surface area contributed by atoms with E-state index in [-0.39, 0.29) is 29.8 Å². The van der Waals surface area contributed by atoms with E-state index in [0.717, 1.165) is 37.7 Å². The molecule has 2 aromatic heterocycles. The highest BCUT2D eigenvalue weighted by Gasteiger charge is 2.57. The smallest absolute Gasteiger partial charge is 0.276 e. The Morgan fingerprint density at radius 2 is 1.95 bits per heavy atom. The van der Waals surface area contributed by atoms with Crippen molar-refractivity contribution in [3.05, 3.63) is 41.4 Å². The van der Waals surface area contributed by atoms with Crippen molar-refractivity contribution in [1.29, 1.82) is 5.26 Å². The van der Waals surface area contributed by atoms with Gasteiger partial charge < -0.3 is 19.4 Å². The fourth-order valence-corrected chi connectivity index (χ4v) is 7.64. The van der Waals surface area contributed by atoms with Crippen LogP contribution in [-0.2, 0) is 9.53 Å². The number of likely N-dealkylation sites (N-methyl/N-ethyl adjacent to an activating group) is 1. The Balaban J connectivity index is 1.25. The van der Waals surface area contributed by atoms with Crippen LogP contribution in [-0.4, -0.2) is 75.3 Å². The number of carbonyl (C=O) groups excluding carboxylic acids is 3. The normalized spacial score (nSPS) is 28.5. The van der Waals surface area contributed by atoms with Crippen molar-refractivity contribution in [2.24, 2.45) is 11.8 Å². The standard InChI is InChI=1S/C31H33N7O5/c1-2-36-29-24(23(16-6-7-16)25(30(36)40)34-28(39)20-4-3-5-21-27(20)43-15-33-21)26(35-38(29)18-8-10-42-11-9-18)31(41)37-19(14-32)12-17-13-22(17)37/h3-5,15-19,22-23,25H,2,6-13H2,1H3,(H,34,39)/t17-,19-,22+,23-,25-/m0/s1. The van der Waals surface area contributed by atoms with E-state index in [1.54, 1.807) is 28.0 Å². The van der Waals surface area contributed by atoms with Crippen molar-refractivity contribution >= 4 is 34.6 Å². The van der Waals surface area contributed by atoms with Crippen LogP contribution in [0.1, 0.15) is 83.8 Å². The number of hydrogen-bond acceptors (Lipinski definition) is 8. The zero-order valence-corrected chi connectivity index (χ0v) is 23.9. The summed E-state index contributed by atoms with van der Waals surface area (Å²) in [5, 5.41) is 18.0. The molecule has 5 aliphatic rings. The van der Waals surface area contributed by atoms with Gasteiger partial charge in [-0.2, -0.15) is 10.4 Å². The summed E-state index contributed by atoms with van der Waals surface area (Å²) in [6, 6.07) is 6.15. The van der Waals surface area contributed by atoms with Gasteiger partial charge in [-0.05, 0) is 69.4 Å². The number of oxazole rings is 1. The number of nitrogens with one attached hydrogen (secondary N) is 1. The summed E-state index contributed by atoms with van der Waals surface area (Å²) in [5.74, 6) is -0.176. The van der Waals surface area contributed by atoms with Gasteiger partial charge in [-0.15, -0.1) is 0 Å². The van der Waals surface area contributed by atoms with Gasteiger partial charge in [0.2, 0.25) is 0 Å². The summed E-state index contributed by atoms with van der Waals surface area (Å²) in [7, 11) is 0. The van der Waals surface area contributed by atoms with E-state index in [2.05, 4.69) is 16.4 Å². The SMILES string of the molecule is CCN1C(=O)[C@@H](NC(=O)c2cccc3ncoc23)[C@@H](C2CC2)c2c(C(=O)N3[C@H](C#N)C[C@H]4C[C@H]43)nn(C3CCOCC3)c21. The monoisotopic (exact) mass is 583 g/mol. The lowest BCUT2D eigenvalue weighted by atomic mass is 9.82. The van der Waals surface area contributed by atoms with Crippen LogP contribution in [0.2, 0.25) is 0 Å². The second-order valence-electron chi connectivity index (χ2n) is 12.4. The van der Waals surface area contributed by atoms with Crippen molar-refractivity contribution in [3.8, 4) is 6.07 Å². The largest absolute Gasteiger partial charge is 0.443 e. The fraction of sp³-hybridized carbons (Fsp3) is 0.548. The molecule has 43 heavy (non-hydrogen) atoms. The first-order chi connectivity index (χ1) is 21.0. The van der Waals surface area contributed by atoms with Crippen LogP contribution < -0.4 is 10.2 Å². The first-order valence-electron chi connectivity index (χ1n) is 15.4. The number of amides is 3. The van der Waals surface area contributed by atoms with E-state index >= 15 is 0 Å². The summed E-state index contributed by atoms with van der Waals surface area (Å²) in [6.07, 6.45) is 6.11. The number of nitrogens with zero attached hydrogens (tertiary/aromatic N) is 6. The highest BCUT2D eigenvalue weighted by atomic mass is 16.5. The van der Waals surface area contributed by atoms with Crippen molar-refractivity contribution in [2.45, 2.75) is 75.5 Å². The van der Waals surface area contributed by atoms with Gasteiger partial charge in [0, 0.05) is 37.3 Å². The molecule has 3 aliphatic heterocycles. The van der Waals surface area contributed by atoms with Crippen LogP contribution in [0.4, 0.5) is 5.82 Å². The minimum Gasteiger partial charge on any atom is -0.443 e. The Kier molecular flexibility index (Phi) is 6.08. The zero-order valence-electron chi connectivity index (χ0n) is 23.9. The molecule has 0 radical (unpaired) electrons. The Morgan fingerprint density at radius 3 is 2.70 bits per heavy atom. The predicted molar refractivity (Wildman–Crippen MR) is 152 cm³/mol. The molecule has 4 fully saturated rings. The molecule has 0 unspecified atom stereocenters. The molecule has 0 spiro atoms. The number of piperidine rings is 1. The van der Waals surface area contributed by atoms with E-state index in [0.29, 0.717) is 60.3 Å². The van der Waals surface area contributed by atoms with Crippen LogP contribution in [0.5, 0.6) is 0 Å². The van der Waals surface area contributed by atoms with Crippen molar-refractivity contribution in [1.82, 2.24) is 25.0 Å². The van der Waals surface area contributed by atoms with Gasteiger partial charge in [0.1, 0.15) is 23.4 Å². The molecule has 8 rings (SSSR count). The lowest BCUT2D eigenvalue weighted by Crippen LogP contribution is -2.56. The number of carbonyl (C=O) groups is 3. The topological polar surface area (TPSA) is 147 Å². The van der Waals surface area contributed by atoms with Gasteiger partial charge in [0.25, 0.3) is 17.7 Å². The number of fused-ring (bicyclic) bond motifs is 3. The summed E-state index contributed by atoms with van der Waals surface area (Å²) >= 11 is 0. The number of aromatic nitrogens is 3. The highest BCUT2D eigenvalue weighted by molar-refractivity contribution is 6.09. The van der Waals surface area contributed by atoms with E-state index in [1.807, 2.05) is 11.6 Å². The maximum atomic E-state index is 14.4. The number of nitriles is 1. The minimum absolute atomic E-state index is 0.0278. The third-order valence-corrected chi connectivity index (χ3v) is 9.96. The highest BCUT2D eigenvalue weighted by Crippen LogP contribution is 2.53. The molecule has 1 N–H and O–H groups in total. The third kappa shape index (κ3) is 4.08. The van der Waals surface area contributed by atoms with Crippen LogP contribution >= 0.6 is 0 Å². The minimum atomic E-state index is -0.886. The number of likely N-dealkylation sites (tertiary alicyclic amines) is 1. The summed E-state index contributed by atoms with van der Waals surface area (Å²) in [6.45, 7) is 3.40. The van der Waals surface area contributed by atoms with Gasteiger partial charge >= 0.3 is 0 Å².